The molecule has 0 aromatic heterocycles. The summed E-state index contributed by atoms with van der Waals surface area (Å²) in [5, 5.41) is 19.7. The van der Waals surface area contributed by atoms with Crippen LogP contribution in [0.15, 0.2) is 18.2 Å². The number of ether oxygens (including phenoxy) is 2. The third-order valence-corrected chi connectivity index (χ3v) is 4.59. The molecule has 0 saturated carbocycles. The van der Waals surface area contributed by atoms with E-state index in [9.17, 15) is 9.90 Å². The number of hydrogen-bond donors (Lipinski definition) is 1. The summed E-state index contributed by atoms with van der Waals surface area (Å²) in [5.41, 5.74) is 0.852. The van der Waals surface area contributed by atoms with Crippen molar-refractivity contribution >= 4 is 6.09 Å². The Bertz CT molecular complexity index is 714. The molecule has 0 spiro atoms. The smallest absolute Gasteiger partial charge is 0.410 e. The number of hydrogen-bond acceptors (Lipinski definition) is 6. The Balaban J connectivity index is 1.72. The minimum Gasteiger partial charge on any atom is -0.490 e. The Labute approximate surface area is 153 Å². The molecule has 1 fully saturated rings. The molecule has 7 nitrogen and oxygen atoms in total. The Morgan fingerprint density at radius 2 is 2.00 bits per heavy atom. The van der Waals surface area contributed by atoms with E-state index < -0.39 is 11.7 Å². The first-order valence-corrected chi connectivity index (χ1v) is 8.85. The minimum absolute atomic E-state index is 0.218. The predicted molar refractivity (Wildman–Crippen MR) is 94.8 cm³/mol. The van der Waals surface area contributed by atoms with Gasteiger partial charge in [0.15, 0.2) is 0 Å². The van der Waals surface area contributed by atoms with Crippen LogP contribution in [-0.4, -0.2) is 65.5 Å². The molecule has 2 aliphatic heterocycles. The average molecular weight is 359 g/mol. The van der Waals surface area contributed by atoms with Gasteiger partial charge in [-0.15, -0.1) is 0 Å². The summed E-state index contributed by atoms with van der Waals surface area (Å²) in [6.45, 7) is 8.08. The van der Waals surface area contributed by atoms with Crippen LogP contribution in [-0.2, 0) is 4.74 Å². The van der Waals surface area contributed by atoms with Gasteiger partial charge in [-0.1, -0.05) is 0 Å². The lowest BCUT2D eigenvalue weighted by Gasteiger charge is -2.43. The first kappa shape index (κ1) is 18.5. The summed E-state index contributed by atoms with van der Waals surface area (Å²) in [4.78, 5) is 16.1. The van der Waals surface area contributed by atoms with Crippen LogP contribution < -0.4 is 4.74 Å². The quantitative estimate of drug-likeness (QED) is 0.824. The summed E-state index contributed by atoms with van der Waals surface area (Å²) >= 11 is 0. The molecule has 1 aromatic rings. The zero-order valence-corrected chi connectivity index (χ0v) is 15.4. The van der Waals surface area contributed by atoms with Gasteiger partial charge in [0.25, 0.3) is 0 Å². The van der Waals surface area contributed by atoms with Crippen LogP contribution in [0.25, 0.3) is 0 Å². The van der Waals surface area contributed by atoms with Crippen LogP contribution in [0.3, 0.4) is 0 Å². The monoisotopic (exact) mass is 359 g/mol. The standard InChI is InChI=1S/C19H25N3O4/c1-19(2,3)26-18(24)22-8-6-21(7-9-22)17-14-10-13(11-20)4-5-16(14)25-12-15(17)23/h4-5,10,15,17,23H,6-9,12H2,1-3H3/t15-,17-/m1/s1. The number of nitrogens with zero attached hydrogens (tertiary/aromatic N) is 3. The van der Waals surface area contributed by atoms with E-state index in [1.54, 1.807) is 23.1 Å². The van der Waals surface area contributed by atoms with E-state index in [-0.39, 0.29) is 18.7 Å². The van der Waals surface area contributed by atoms with Gasteiger partial charge in [0.05, 0.1) is 17.7 Å². The van der Waals surface area contributed by atoms with Crippen LogP contribution in [0.5, 0.6) is 5.75 Å². The van der Waals surface area contributed by atoms with Crippen molar-refractivity contribution in [3.8, 4) is 11.8 Å². The number of benzene rings is 1. The van der Waals surface area contributed by atoms with E-state index in [1.165, 1.54) is 0 Å². The highest BCUT2D eigenvalue weighted by Gasteiger charge is 2.37. The molecule has 0 radical (unpaired) electrons. The fraction of sp³-hybridized carbons (Fsp3) is 0.579. The minimum atomic E-state index is -0.676. The molecular weight excluding hydrogens is 334 g/mol. The van der Waals surface area contributed by atoms with Gasteiger partial charge in [-0.2, -0.15) is 5.26 Å². The van der Waals surface area contributed by atoms with Gasteiger partial charge >= 0.3 is 6.09 Å². The summed E-state index contributed by atoms with van der Waals surface area (Å²) in [6.07, 6.45) is -0.985. The molecule has 2 atom stereocenters. The molecule has 1 saturated heterocycles. The van der Waals surface area contributed by atoms with Gasteiger partial charge in [-0.05, 0) is 39.0 Å². The second-order valence-electron chi connectivity index (χ2n) is 7.69. The predicted octanol–water partition coefficient (Wildman–Crippen LogP) is 1.91. The van der Waals surface area contributed by atoms with Gasteiger partial charge in [-0.3, -0.25) is 4.90 Å². The molecule has 0 unspecified atom stereocenters. The van der Waals surface area contributed by atoms with Crippen LogP contribution in [0.1, 0.15) is 37.9 Å². The molecule has 1 amide bonds. The molecular formula is C19H25N3O4. The number of carbonyl (C=O) groups is 1. The Kier molecular flexibility index (Phi) is 5.08. The van der Waals surface area contributed by atoms with Gasteiger partial charge in [0.2, 0.25) is 0 Å². The fourth-order valence-electron chi connectivity index (χ4n) is 3.40. The summed E-state index contributed by atoms with van der Waals surface area (Å²) in [7, 11) is 0. The SMILES string of the molecule is CC(C)(C)OC(=O)N1CCN([C@@H]2c3cc(C#N)ccc3OC[C@H]2O)CC1. The number of fused-ring (bicyclic) bond motifs is 1. The third kappa shape index (κ3) is 3.92. The molecule has 2 aliphatic rings. The Morgan fingerprint density at radius 1 is 1.31 bits per heavy atom. The number of rotatable bonds is 1. The number of aliphatic hydroxyl groups excluding tert-OH is 1. The average Bonchev–Trinajstić information content (AvgIpc) is 2.60. The van der Waals surface area contributed by atoms with E-state index in [2.05, 4.69) is 11.0 Å². The maximum absolute atomic E-state index is 12.2. The first-order chi connectivity index (χ1) is 12.3. The molecule has 1 aromatic carbocycles. The number of piperazine rings is 1. The summed E-state index contributed by atoms with van der Waals surface area (Å²) in [5.74, 6) is 0.703. The van der Waals surface area contributed by atoms with Gasteiger partial charge in [0, 0.05) is 31.7 Å². The van der Waals surface area contributed by atoms with E-state index in [4.69, 9.17) is 14.7 Å². The summed E-state index contributed by atoms with van der Waals surface area (Å²) < 4.78 is 11.0. The van der Waals surface area contributed by atoms with Gasteiger partial charge in [-0.25, -0.2) is 4.79 Å². The molecule has 2 heterocycles. The zero-order chi connectivity index (χ0) is 18.9. The van der Waals surface area contributed by atoms with Crippen molar-refractivity contribution in [1.29, 1.82) is 5.26 Å². The first-order valence-electron chi connectivity index (χ1n) is 8.85. The maximum atomic E-state index is 12.2. The van der Waals surface area contributed by atoms with Crippen molar-refractivity contribution in [2.24, 2.45) is 0 Å². The molecule has 7 heteroatoms. The van der Waals surface area contributed by atoms with Gasteiger partial charge in [0.1, 0.15) is 24.1 Å². The highest BCUT2D eigenvalue weighted by Crippen LogP contribution is 2.37. The normalized spacial score (nSPS) is 23.6. The van der Waals surface area contributed by atoms with Crippen LogP contribution in [0.2, 0.25) is 0 Å². The largest absolute Gasteiger partial charge is 0.490 e. The lowest BCUT2D eigenvalue weighted by atomic mass is 9.94. The van der Waals surface area contributed by atoms with E-state index in [0.29, 0.717) is 37.5 Å². The molecule has 3 rings (SSSR count). The molecule has 0 aliphatic carbocycles. The van der Waals surface area contributed by atoms with Crippen LogP contribution in [0.4, 0.5) is 4.79 Å². The van der Waals surface area contributed by atoms with Crippen LogP contribution in [0, 0.1) is 11.3 Å². The molecule has 140 valence electrons. The van der Waals surface area contributed by atoms with E-state index >= 15 is 0 Å². The van der Waals surface area contributed by atoms with Crippen molar-refractivity contribution in [3.63, 3.8) is 0 Å². The number of carbonyl (C=O) groups excluding carboxylic acids is 1. The highest BCUT2D eigenvalue weighted by atomic mass is 16.6. The highest BCUT2D eigenvalue weighted by molar-refractivity contribution is 5.68. The molecule has 0 bridgehead atoms. The third-order valence-electron chi connectivity index (χ3n) is 4.59. The van der Waals surface area contributed by atoms with Gasteiger partial charge < -0.3 is 19.5 Å². The lowest BCUT2D eigenvalue weighted by molar-refractivity contribution is -0.0254. The lowest BCUT2D eigenvalue weighted by Crippen LogP contribution is -2.53. The van der Waals surface area contributed by atoms with Crippen LogP contribution >= 0.6 is 0 Å². The Morgan fingerprint density at radius 3 is 2.62 bits per heavy atom. The maximum Gasteiger partial charge on any atom is 0.410 e. The number of nitriles is 1. The number of amides is 1. The second kappa shape index (κ2) is 7.14. The second-order valence-corrected chi connectivity index (χ2v) is 7.69. The van der Waals surface area contributed by atoms with Crippen molar-refractivity contribution in [2.75, 3.05) is 32.8 Å². The summed E-state index contributed by atoms with van der Waals surface area (Å²) in [6, 6.07) is 7.17. The fourth-order valence-corrected chi connectivity index (χ4v) is 3.40. The van der Waals surface area contributed by atoms with Crippen molar-refractivity contribution in [3.05, 3.63) is 29.3 Å². The molecule has 1 N–H and O–H groups in total. The van der Waals surface area contributed by atoms with Crippen molar-refractivity contribution in [1.82, 2.24) is 9.80 Å². The number of aliphatic hydroxyl groups is 1. The molecule has 26 heavy (non-hydrogen) atoms. The Hall–Kier alpha value is -2.30. The zero-order valence-electron chi connectivity index (χ0n) is 15.4. The van der Waals surface area contributed by atoms with Crippen molar-refractivity contribution in [2.45, 2.75) is 38.5 Å². The topological polar surface area (TPSA) is 86.0 Å². The van der Waals surface area contributed by atoms with E-state index in [0.717, 1.165) is 5.56 Å². The van der Waals surface area contributed by atoms with E-state index in [1.807, 2.05) is 20.8 Å². The van der Waals surface area contributed by atoms with Crippen molar-refractivity contribution < 1.29 is 19.4 Å².